The topological polar surface area (TPSA) is 79.3 Å². The monoisotopic (exact) mass is 396 g/mol. The van der Waals surface area contributed by atoms with Gasteiger partial charge >= 0.3 is 12.5 Å². The Balaban J connectivity index is 2.39. The zero-order valence-electron chi connectivity index (χ0n) is 13.7. The number of hydrogen-bond acceptors (Lipinski definition) is 6. The van der Waals surface area contributed by atoms with Gasteiger partial charge in [0.2, 0.25) is 5.95 Å². The van der Waals surface area contributed by atoms with Gasteiger partial charge < -0.3 is 20.5 Å². The maximum absolute atomic E-state index is 13.0. The number of anilines is 3. The largest absolute Gasteiger partial charge is 0.573 e. The van der Waals surface area contributed by atoms with E-state index in [1.54, 1.807) is 0 Å². The number of nitrogens with one attached hydrogen (secondary N) is 2. The molecule has 0 unspecified atom stereocenters. The highest BCUT2D eigenvalue weighted by Gasteiger charge is 2.34. The van der Waals surface area contributed by atoms with Gasteiger partial charge in [-0.3, -0.25) is 0 Å². The van der Waals surface area contributed by atoms with Crippen molar-refractivity contribution in [1.82, 2.24) is 9.97 Å². The van der Waals surface area contributed by atoms with Crippen molar-refractivity contribution in [3.63, 3.8) is 0 Å². The number of aliphatic hydroxyl groups is 1. The molecule has 12 heteroatoms. The fourth-order valence-electron chi connectivity index (χ4n) is 1.91. The van der Waals surface area contributed by atoms with Gasteiger partial charge in [0.25, 0.3) is 0 Å². The molecule has 1 heterocycles. The van der Waals surface area contributed by atoms with Crippen molar-refractivity contribution in [3.8, 4) is 5.75 Å². The maximum atomic E-state index is 13.0. The Bertz CT molecular complexity index is 782. The molecule has 0 radical (unpaired) electrons. The van der Waals surface area contributed by atoms with E-state index in [2.05, 4.69) is 25.3 Å². The van der Waals surface area contributed by atoms with Crippen molar-refractivity contribution in [1.29, 1.82) is 0 Å². The minimum Gasteiger partial charge on any atom is -0.404 e. The van der Waals surface area contributed by atoms with Crippen LogP contribution < -0.4 is 15.4 Å². The van der Waals surface area contributed by atoms with Gasteiger partial charge in [-0.2, -0.15) is 18.2 Å². The van der Waals surface area contributed by atoms with Crippen molar-refractivity contribution in [2.24, 2.45) is 0 Å². The zero-order chi connectivity index (χ0) is 20.2. The summed E-state index contributed by atoms with van der Waals surface area (Å²) in [6, 6.07) is 4.70. The summed E-state index contributed by atoms with van der Waals surface area (Å²) < 4.78 is 80.4. The van der Waals surface area contributed by atoms with Crippen LogP contribution in [0.5, 0.6) is 5.75 Å². The van der Waals surface area contributed by atoms with Crippen LogP contribution in [-0.4, -0.2) is 34.1 Å². The van der Waals surface area contributed by atoms with E-state index in [9.17, 15) is 26.3 Å². The van der Waals surface area contributed by atoms with Crippen LogP contribution in [0.3, 0.4) is 0 Å². The van der Waals surface area contributed by atoms with E-state index < -0.39 is 48.4 Å². The normalized spacial score (nSPS) is 13.2. The van der Waals surface area contributed by atoms with E-state index >= 15 is 0 Å². The lowest BCUT2D eigenvalue weighted by Gasteiger charge is -2.17. The lowest BCUT2D eigenvalue weighted by Crippen LogP contribution is -2.22. The Morgan fingerprint density at radius 3 is 2.37 bits per heavy atom. The van der Waals surface area contributed by atoms with Gasteiger partial charge in [-0.25, -0.2) is 4.98 Å². The molecule has 0 aliphatic carbocycles. The van der Waals surface area contributed by atoms with Gasteiger partial charge in [0.05, 0.1) is 12.3 Å². The first-order valence-electron chi connectivity index (χ1n) is 7.43. The fraction of sp³-hybridized carbons (Fsp3) is 0.333. The summed E-state index contributed by atoms with van der Waals surface area (Å²) in [5, 5.41) is 13.8. The molecule has 0 amide bonds. The standard InChI is InChI=1S/C15H14F6N4O2/c1-8(7-26)22-13-24-11(14(16,17)18)6-12(25-13)23-9-4-2-3-5-10(9)27-15(19,20)21/h2-6,8,26H,7H2,1H3,(H2,22,23,24,25)/t8-/m1/s1. The van der Waals surface area contributed by atoms with Crippen molar-refractivity contribution >= 4 is 17.5 Å². The van der Waals surface area contributed by atoms with Crippen molar-refractivity contribution in [3.05, 3.63) is 36.0 Å². The molecule has 1 aromatic heterocycles. The SMILES string of the molecule is C[C@H](CO)Nc1nc(Nc2ccccc2OC(F)(F)F)cc(C(F)(F)F)n1. The summed E-state index contributed by atoms with van der Waals surface area (Å²) >= 11 is 0. The molecule has 27 heavy (non-hydrogen) atoms. The molecule has 1 atom stereocenters. The Morgan fingerprint density at radius 1 is 1.11 bits per heavy atom. The van der Waals surface area contributed by atoms with Gasteiger partial charge in [0.1, 0.15) is 5.82 Å². The number of aromatic nitrogens is 2. The lowest BCUT2D eigenvalue weighted by atomic mass is 10.3. The number of hydrogen-bond donors (Lipinski definition) is 3. The fourth-order valence-corrected chi connectivity index (χ4v) is 1.91. The number of benzene rings is 1. The van der Waals surface area contributed by atoms with Crippen LogP contribution in [0, 0.1) is 0 Å². The highest BCUT2D eigenvalue weighted by molar-refractivity contribution is 5.65. The maximum Gasteiger partial charge on any atom is 0.573 e. The van der Waals surface area contributed by atoms with Crippen LogP contribution >= 0.6 is 0 Å². The van der Waals surface area contributed by atoms with E-state index in [1.165, 1.54) is 25.1 Å². The lowest BCUT2D eigenvalue weighted by molar-refractivity contribution is -0.274. The van der Waals surface area contributed by atoms with Crippen molar-refractivity contribution in [2.45, 2.75) is 25.5 Å². The number of aliphatic hydroxyl groups excluding tert-OH is 1. The van der Waals surface area contributed by atoms with Crippen LogP contribution in [-0.2, 0) is 6.18 Å². The van der Waals surface area contributed by atoms with E-state index in [0.29, 0.717) is 6.07 Å². The van der Waals surface area contributed by atoms with Gasteiger partial charge in [0.15, 0.2) is 11.4 Å². The summed E-state index contributed by atoms with van der Waals surface area (Å²) in [7, 11) is 0. The van der Waals surface area contributed by atoms with Crippen LogP contribution in [0.1, 0.15) is 12.6 Å². The predicted octanol–water partition coefficient (Wildman–Crippen LogP) is 3.93. The molecule has 148 valence electrons. The molecule has 0 spiro atoms. The molecule has 0 aliphatic rings. The third-order valence-electron chi connectivity index (χ3n) is 3.04. The van der Waals surface area contributed by atoms with Crippen molar-refractivity contribution in [2.75, 3.05) is 17.2 Å². The van der Waals surface area contributed by atoms with Crippen molar-refractivity contribution < 1.29 is 36.2 Å². The molecular formula is C15H14F6N4O2. The van der Waals surface area contributed by atoms with E-state index in [4.69, 9.17) is 5.11 Å². The third kappa shape index (κ3) is 6.16. The van der Waals surface area contributed by atoms with E-state index in [1.807, 2.05) is 0 Å². The van der Waals surface area contributed by atoms with Gasteiger partial charge in [-0.1, -0.05) is 12.1 Å². The minimum absolute atomic E-state index is 0.247. The number of rotatable bonds is 6. The second-order valence-electron chi connectivity index (χ2n) is 5.36. The Morgan fingerprint density at radius 2 is 1.78 bits per heavy atom. The van der Waals surface area contributed by atoms with Crippen LogP contribution in [0.15, 0.2) is 30.3 Å². The number of para-hydroxylation sites is 2. The first-order valence-corrected chi connectivity index (χ1v) is 7.43. The molecule has 0 fully saturated rings. The average molecular weight is 396 g/mol. The zero-order valence-corrected chi connectivity index (χ0v) is 13.7. The number of nitrogens with zero attached hydrogens (tertiary/aromatic N) is 2. The Hall–Kier alpha value is -2.76. The number of halogens is 6. The summed E-state index contributed by atoms with van der Waals surface area (Å²) in [5.74, 6) is -1.51. The summed E-state index contributed by atoms with van der Waals surface area (Å²) in [5.41, 5.74) is -1.57. The average Bonchev–Trinajstić information content (AvgIpc) is 2.54. The smallest absolute Gasteiger partial charge is 0.404 e. The van der Waals surface area contributed by atoms with Crippen LogP contribution in [0.2, 0.25) is 0 Å². The number of alkyl halides is 6. The molecule has 0 aliphatic heterocycles. The second kappa shape index (κ2) is 7.86. The molecule has 2 aromatic rings. The highest BCUT2D eigenvalue weighted by atomic mass is 19.4. The third-order valence-corrected chi connectivity index (χ3v) is 3.04. The molecule has 0 saturated heterocycles. The quantitative estimate of drug-likeness (QED) is 0.643. The van der Waals surface area contributed by atoms with Gasteiger partial charge in [0, 0.05) is 12.1 Å². The Labute approximate surface area is 149 Å². The minimum atomic E-state index is -4.98. The summed E-state index contributed by atoms with van der Waals surface area (Å²) in [6.45, 7) is 1.08. The number of ether oxygens (including phenoxy) is 1. The van der Waals surface area contributed by atoms with Gasteiger partial charge in [-0.05, 0) is 19.1 Å². The predicted molar refractivity (Wildman–Crippen MR) is 83.6 cm³/mol. The molecule has 0 bridgehead atoms. The molecule has 3 N–H and O–H groups in total. The summed E-state index contributed by atoms with van der Waals surface area (Å²) in [6.07, 6.45) is -9.80. The molecule has 2 rings (SSSR count). The Kier molecular flexibility index (Phi) is 5.98. The van der Waals surface area contributed by atoms with Gasteiger partial charge in [-0.15, -0.1) is 13.2 Å². The van der Waals surface area contributed by atoms with E-state index in [-0.39, 0.29) is 5.69 Å². The van der Waals surface area contributed by atoms with Crippen LogP contribution in [0.4, 0.5) is 43.8 Å². The summed E-state index contributed by atoms with van der Waals surface area (Å²) in [4.78, 5) is 7.09. The molecule has 6 nitrogen and oxygen atoms in total. The first-order chi connectivity index (χ1) is 12.5. The second-order valence-corrected chi connectivity index (χ2v) is 5.36. The molecule has 1 aromatic carbocycles. The first kappa shape index (κ1) is 20.6. The highest BCUT2D eigenvalue weighted by Crippen LogP contribution is 2.34. The molecule has 0 saturated carbocycles. The van der Waals surface area contributed by atoms with Crippen LogP contribution in [0.25, 0.3) is 0 Å². The van der Waals surface area contributed by atoms with E-state index in [0.717, 1.165) is 6.07 Å². The molecular weight excluding hydrogens is 382 g/mol.